The van der Waals surface area contributed by atoms with E-state index in [2.05, 4.69) is 21.2 Å². The third kappa shape index (κ3) is 3.63. The van der Waals surface area contributed by atoms with E-state index in [1.165, 1.54) is 4.90 Å². The van der Waals surface area contributed by atoms with Crippen molar-refractivity contribution in [2.45, 2.75) is 6.04 Å². The predicted octanol–water partition coefficient (Wildman–Crippen LogP) is 2.23. The summed E-state index contributed by atoms with van der Waals surface area (Å²) in [4.78, 5) is 24.2. The van der Waals surface area contributed by atoms with Crippen LogP contribution >= 0.6 is 27.7 Å². The number of amides is 2. The molecule has 19 heavy (non-hydrogen) atoms. The number of carbonyl (C=O) groups is 2. The fourth-order valence-corrected chi connectivity index (χ4v) is 3.40. The van der Waals surface area contributed by atoms with Gasteiger partial charge in [-0.15, -0.1) is 11.8 Å². The van der Waals surface area contributed by atoms with Crippen LogP contribution in [0.25, 0.3) is 0 Å². The molecule has 2 N–H and O–H groups in total. The highest BCUT2D eigenvalue weighted by Crippen LogP contribution is 2.20. The first kappa shape index (κ1) is 14.2. The summed E-state index contributed by atoms with van der Waals surface area (Å²) >= 11 is 4.86. The second kappa shape index (κ2) is 6.29. The second-order valence-electron chi connectivity index (χ2n) is 4.13. The van der Waals surface area contributed by atoms with Crippen LogP contribution in [0.3, 0.4) is 0 Å². The summed E-state index contributed by atoms with van der Waals surface area (Å²) in [5, 5.41) is 11.8. The van der Waals surface area contributed by atoms with Crippen molar-refractivity contribution in [1.29, 1.82) is 0 Å². The molecule has 102 valence electrons. The minimum Gasteiger partial charge on any atom is -0.465 e. The highest BCUT2D eigenvalue weighted by molar-refractivity contribution is 9.10. The summed E-state index contributed by atoms with van der Waals surface area (Å²) in [7, 11) is 0. The number of nitrogens with one attached hydrogen (secondary N) is 1. The Bertz CT molecular complexity index is 498. The van der Waals surface area contributed by atoms with Gasteiger partial charge in [0.15, 0.2) is 0 Å². The van der Waals surface area contributed by atoms with Gasteiger partial charge in [-0.3, -0.25) is 9.69 Å². The van der Waals surface area contributed by atoms with E-state index in [4.69, 9.17) is 5.11 Å². The van der Waals surface area contributed by atoms with E-state index >= 15 is 0 Å². The molecule has 0 spiro atoms. The zero-order valence-corrected chi connectivity index (χ0v) is 12.4. The first-order chi connectivity index (χ1) is 9.08. The number of hydrogen-bond acceptors (Lipinski definition) is 3. The summed E-state index contributed by atoms with van der Waals surface area (Å²) < 4.78 is 0.837. The Balaban J connectivity index is 1.92. The van der Waals surface area contributed by atoms with Gasteiger partial charge in [0.2, 0.25) is 0 Å². The van der Waals surface area contributed by atoms with Crippen molar-refractivity contribution < 1.29 is 14.7 Å². The smallest absolute Gasteiger partial charge is 0.408 e. The van der Waals surface area contributed by atoms with Crippen LogP contribution in [0.4, 0.5) is 4.79 Å². The number of hydrogen-bond donors (Lipinski definition) is 2. The molecule has 1 aromatic rings. The van der Waals surface area contributed by atoms with Crippen LogP contribution in [0.15, 0.2) is 28.7 Å². The van der Waals surface area contributed by atoms with Crippen molar-refractivity contribution >= 4 is 39.7 Å². The normalized spacial score (nSPS) is 18.4. The molecular formula is C12H13BrN2O3S. The van der Waals surface area contributed by atoms with Crippen LogP contribution in [0.5, 0.6) is 0 Å². The van der Waals surface area contributed by atoms with Crippen LogP contribution in [-0.4, -0.2) is 46.2 Å². The Morgan fingerprint density at radius 2 is 2.32 bits per heavy atom. The van der Waals surface area contributed by atoms with Crippen molar-refractivity contribution in [2.24, 2.45) is 0 Å². The Kier molecular flexibility index (Phi) is 4.71. The lowest BCUT2D eigenvalue weighted by Gasteiger charge is -2.20. The van der Waals surface area contributed by atoms with Gasteiger partial charge in [0, 0.05) is 22.3 Å². The number of carboxylic acid groups (broad SMARTS) is 1. The molecular weight excluding hydrogens is 332 g/mol. The lowest BCUT2D eigenvalue weighted by molar-refractivity contribution is 0.0936. The molecule has 1 saturated heterocycles. The second-order valence-corrected chi connectivity index (χ2v) is 6.04. The first-order valence-corrected chi connectivity index (χ1v) is 7.64. The van der Waals surface area contributed by atoms with Gasteiger partial charge >= 0.3 is 6.09 Å². The highest BCUT2D eigenvalue weighted by Gasteiger charge is 2.29. The molecule has 0 aromatic heterocycles. The van der Waals surface area contributed by atoms with Crippen LogP contribution in [0, 0.1) is 0 Å². The summed E-state index contributed by atoms with van der Waals surface area (Å²) in [6, 6.07) is 6.93. The third-order valence-corrected chi connectivity index (χ3v) is 4.39. The van der Waals surface area contributed by atoms with Gasteiger partial charge in [0.1, 0.15) is 0 Å². The molecule has 1 aliphatic heterocycles. The van der Waals surface area contributed by atoms with Crippen molar-refractivity contribution in [1.82, 2.24) is 10.2 Å². The van der Waals surface area contributed by atoms with Crippen LogP contribution in [0.1, 0.15) is 10.4 Å². The number of halogens is 1. The van der Waals surface area contributed by atoms with E-state index in [1.54, 1.807) is 30.0 Å². The van der Waals surface area contributed by atoms with E-state index in [0.29, 0.717) is 23.7 Å². The maximum atomic E-state index is 11.9. The van der Waals surface area contributed by atoms with Crippen LogP contribution in [-0.2, 0) is 0 Å². The molecule has 1 fully saturated rings. The van der Waals surface area contributed by atoms with E-state index < -0.39 is 6.09 Å². The minimum atomic E-state index is -0.938. The minimum absolute atomic E-state index is 0.154. The number of carbonyl (C=O) groups excluding carboxylic acids is 1. The van der Waals surface area contributed by atoms with E-state index in [1.807, 2.05) is 6.07 Å². The average Bonchev–Trinajstić information content (AvgIpc) is 2.84. The zero-order valence-electron chi connectivity index (χ0n) is 10.0. The lowest BCUT2D eigenvalue weighted by atomic mass is 10.2. The van der Waals surface area contributed by atoms with Gasteiger partial charge < -0.3 is 10.4 Å². The van der Waals surface area contributed by atoms with E-state index in [-0.39, 0.29) is 11.9 Å². The molecule has 0 radical (unpaired) electrons. The van der Waals surface area contributed by atoms with Crippen molar-refractivity contribution in [3.8, 4) is 0 Å². The molecule has 0 aliphatic carbocycles. The van der Waals surface area contributed by atoms with Crippen LogP contribution in [0.2, 0.25) is 0 Å². The van der Waals surface area contributed by atoms with Gasteiger partial charge in [0.25, 0.3) is 5.91 Å². The Labute approximate surface area is 123 Å². The van der Waals surface area contributed by atoms with Gasteiger partial charge in [-0.2, -0.15) is 0 Å². The fourth-order valence-electron chi connectivity index (χ4n) is 1.81. The summed E-state index contributed by atoms with van der Waals surface area (Å²) in [6.45, 7) is 0.338. The number of thioether (sulfide) groups is 1. The summed E-state index contributed by atoms with van der Waals surface area (Å²) in [5.74, 6) is 0.987. The SMILES string of the molecule is O=C(NCC1CSCN1C(=O)O)c1cccc(Br)c1. The molecule has 2 amide bonds. The van der Waals surface area contributed by atoms with Crippen LogP contribution < -0.4 is 5.32 Å². The van der Waals surface area contributed by atoms with Gasteiger partial charge in [-0.05, 0) is 18.2 Å². The van der Waals surface area contributed by atoms with Crippen molar-refractivity contribution in [3.05, 3.63) is 34.3 Å². The van der Waals surface area contributed by atoms with Gasteiger partial charge in [-0.25, -0.2) is 4.79 Å². The Morgan fingerprint density at radius 1 is 1.53 bits per heavy atom. The zero-order chi connectivity index (χ0) is 13.8. The highest BCUT2D eigenvalue weighted by atomic mass is 79.9. The Morgan fingerprint density at radius 3 is 3.00 bits per heavy atom. The van der Waals surface area contributed by atoms with Gasteiger partial charge in [-0.1, -0.05) is 22.0 Å². The molecule has 1 heterocycles. The maximum absolute atomic E-state index is 11.9. The number of benzene rings is 1. The topological polar surface area (TPSA) is 69.6 Å². The first-order valence-electron chi connectivity index (χ1n) is 5.69. The largest absolute Gasteiger partial charge is 0.465 e. The monoisotopic (exact) mass is 344 g/mol. The number of nitrogens with zero attached hydrogens (tertiary/aromatic N) is 1. The van der Waals surface area contributed by atoms with E-state index in [0.717, 1.165) is 4.47 Å². The molecule has 1 atom stereocenters. The van der Waals surface area contributed by atoms with Gasteiger partial charge in [0.05, 0.1) is 11.9 Å². The van der Waals surface area contributed by atoms with E-state index in [9.17, 15) is 9.59 Å². The third-order valence-electron chi connectivity index (χ3n) is 2.81. The molecule has 1 aromatic carbocycles. The summed E-state index contributed by atoms with van der Waals surface area (Å²) in [5.41, 5.74) is 0.557. The molecule has 7 heteroatoms. The molecule has 5 nitrogen and oxygen atoms in total. The Hall–Kier alpha value is -1.21. The summed E-state index contributed by atoms with van der Waals surface area (Å²) in [6.07, 6.45) is -0.938. The average molecular weight is 345 g/mol. The van der Waals surface area contributed by atoms with Crippen molar-refractivity contribution in [3.63, 3.8) is 0 Å². The standard InChI is InChI=1S/C12H13BrN2O3S/c13-9-3-1-2-8(4-9)11(16)14-5-10-6-19-7-15(10)12(17)18/h1-4,10H,5-7H2,(H,14,16)(H,17,18). The predicted molar refractivity (Wildman–Crippen MR) is 77.5 cm³/mol. The maximum Gasteiger partial charge on any atom is 0.408 e. The quantitative estimate of drug-likeness (QED) is 0.882. The molecule has 0 saturated carbocycles. The van der Waals surface area contributed by atoms with Crippen molar-refractivity contribution in [2.75, 3.05) is 18.2 Å². The molecule has 1 unspecified atom stereocenters. The molecule has 0 bridgehead atoms. The molecule has 1 aliphatic rings. The molecule has 2 rings (SSSR count). The number of rotatable bonds is 3. The fraction of sp³-hybridized carbons (Fsp3) is 0.333. The lowest BCUT2D eigenvalue weighted by Crippen LogP contribution is -2.43.